The third-order valence-electron chi connectivity index (χ3n) is 2.31. The maximum absolute atomic E-state index is 10.7. The van der Waals surface area contributed by atoms with Gasteiger partial charge in [-0.1, -0.05) is 18.2 Å². The minimum Gasteiger partial charge on any atom is -0.453 e. The zero-order valence-electron chi connectivity index (χ0n) is 10.1. The lowest BCUT2D eigenvalue weighted by Gasteiger charge is -2.09. The van der Waals surface area contributed by atoms with Crippen molar-refractivity contribution >= 4 is 11.8 Å². The highest BCUT2D eigenvalue weighted by Gasteiger charge is 2.16. The number of non-ortho nitro benzene ring substituents is 1. The molecule has 2 rings (SSSR count). The van der Waals surface area contributed by atoms with E-state index >= 15 is 0 Å². The van der Waals surface area contributed by atoms with Crippen molar-refractivity contribution in [1.29, 1.82) is 0 Å². The molecule has 102 valence electrons. The first-order valence-electron chi connectivity index (χ1n) is 5.48. The Bertz CT molecular complexity index is 641. The maximum Gasteiger partial charge on any atom is 0.511 e. The van der Waals surface area contributed by atoms with Gasteiger partial charge in [0.2, 0.25) is 0 Å². The number of nitro groups is 1. The van der Waals surface area contributed by atoms with E-state index in [0.29, 0.717) is 5.75 Å². The smallest absolute Gasteiger partial charge is 0.453 e. The number of carbonyl (C=O) groups is 1. The fourth-order valence-corrected chi connectivity index (χ4v) is 1.48. The molecule has 0 aliphatic carbocycles. The molecule has 0 aromatic heterocycles. The third-order valence-corrected chi connectivity index (χ3v) is 2.31. The number of carboxylic acid groups (broad SMARTS) is 1. The van der Waals surface area contributed by atoms with E-state index in [4.69, 9.17) is 9.84 Å². The molecule has 0 amide bonds. The van der Waals surface area contributed by atoms with Crippen LogP contribution in [-0.2, 0) is 0 Å². The van der Waals surface area contributed by atoms with Gasteiger partial charge in [0.15, 0.2) is 11.5 Å². The highest BCUT2D eigenvalue weighted by Crippen LogP contribution is 2.34. The van der Waals surface area contributed by atoms with E-state index in [0.717, 1.165) is 12.1 Å². The highest BCUT2D eigenvalue weighted by molar-refractivity contribution is 5.64. The molecule has 7 nitrogen and oxygen atoms in total. The van der Waals surface area contributed by atoms with Crippen molar-refractivity contribution in [2.24, 2.45) is 0 Å². The Balaban J connectivity index is 2.38. The molecule has 0 bridgehead atoms. The van der Waals surface area contributed by atoms with Gasteiger partial charge in [0.05, 0.1) is 11.0 Å². The Morgan fingerprint density at radius 1 is 1.10 bits per heavy atom. The van der Waals surface area contributed by atoms with Crippen molar-refractivity contribution in [2.45, 2.75) is 0 Å². The summed E-state index contributed by atoms with van der Waals surface area (Å²) in [7, 11) is 0. The number of nitro benzene ring substituents is 1. The van der Waals surface area contributed by atoms with E-state index in [1.54, 1.807) is 30.3 Å². The number of benzene rings is 2. The van der Waals surface area contributed by atoms with Crippen molar-refractivity contribution in [1.82, 2.24) is 0 Å². The van der Waals surface area contributed by atoms with E-state index in [1.165, 1.54) is 6.07 Å². The minimum atomic E-state index is -1.53. The molecular weight excluding hydrogens is 266 g/mol. The monoisotopic (exact) mass is 275 g/mol. The highest BCUT2D eigenvalue weighted by atomic mass is 16.7. The van der Waals surface area contributed by atoms with Gasteiger partial charge in [-0.15, -0.1) is 0 Å². The third kappa shape index (κ3) is 3.22. The van der Waals surface area contributed by atoms with Crippen LogP contribution in [0, 0.1) is 10.1 Å². The summed E-state index contributed by atoms with van der Waals surface area (Å²) in [6, 6.07) is 11.9. The average Bonchev–Trinajstić information content (AvgIpc) is 2.41. The largest absolute Gasteiger partial charge is 0.511 e. The molecule has 0 radical (unpaired) electrons. The standard InChI is InChI=1S/C13H9NO6/c15-13(16)20-11-7-6-9(14(17)18)8-12(11)19-10-4-2-1-3-5-10/h1-8H,(H,15,16). The second-order valence-corrected chi connectivity index (χ2v) is 3.67. The van der Waals surface area contributed by atoms with Crippen LogP contribution >= 0.6 is 0 Å². The fourth-order valence-electron chi connectivity index (χ4n) is 1.48. The van der Waals surface area contributed by atoms with Crippen LogP contribution < -0.4 is 9.47 Å². The van der Waals surface area contributed by atoms with E-state index in [2.05, 4.69) is 4.74 Å². The zero-order valence-corrected chi connectivity index (χ0v) is 10.1. The summed E-state index contributed by atoms with van der Waals surface area (Å²) < 4.78 is 9.93. The summed E-state index contributed by atoms with van der Waals surface area (Å²) in [5.74, 6) is 0.239. The average molecular weight is 275 g/mol. The zero-order chi connectivity index (χ0) is 14.5. The summed E-state index contributed by atoms with van der Waals surface area (Å²) in [6.45, 7) is 0. The second kappa shape index (κ2) is 5.70. The van der Waals surface area contributed by atoms with Crippen molar-refractivity contribution in [3.05, 3.63) is 58.6 Å². The summed E-state index contributed by atoms with van der Waals surface area (Å²) >= 11 is 0. The van der Waals surface area contributed by atoms with Crippen LogP contribution in [0.15, 0.2) is 48.5 Å². The normalized spacial score (nSPS) is 9.80. The van der Waals surface area contributed by atoms with Gasteiger partial charge in [0.25, 0.3) is 5.69 Å². The van der Waals surface area contributed by atoms with Crippen LogP contribution in [0.2, 0.25) is 0 Å². The molecule has 0 unspecified atom stereocenters. The van der Waals surface area contributed by atoms with Gasteiger partial charge in [-0.2, -0.15) is 0 Å². The predicted octanol–water partition coefficient (Wildman–Crippen LogP) is 3.44. The first-order chi connectivity index (χ1) is 9.56. The van der Waals surface area contributed by atoms with E-state index in [-0.39, 0.29) is 17.2 Å². The number of hydrogen-bond acceptors (Lipinski definition) is 5. The number of para-hydroxylation sites is 1. The van der Waals surface area contributed by atoms with Crippen LogP contribution in [0.4, 0.5) is 10.5 Å². The summed E-state index contributed by atoms with van der Waals surface area (Å²) in [4.78, 5) is 20.7. The molecule has 0 saturated heterocycles. The van der Waals surface area contributed by atoms with Crippen LogP contribution in [0.25, 0.3) is 0 Å². The maximum atomic E-state index is 10.7. The van der Waals surface area contributed by atoms with Gasteiger partial charge in [-0.25, -0.2) is 4.79 Å². The molecule has 0 fully saturated rings. The van der Waals surface area contributed by atoms with Crippen molar-refractivity contribution in [3.8, 4) is 17.2 Å². The van der Waals surface area contributed by atoms with Gasteiger partial charge in [0, 0.05) is 6.07 Å². The van der Waals surface area contributed by atoms with Gasteiger partial charge in [-0.05, 0) is 18.2 Å². The molecule has 0 atom stereocenters. The lowest BCUT2D eigenvalue weighted by molar-refractivity contribution is -0.384. The molecule has 20 heavy (non-hydrogen) atoms. The Morgan fingerprint density at radius 3 is 2.40 bits per heavy atom. The van der Waals surface area contributed by atoms with Crippen LogP contribution in [0.3, 0.4) is 0 Å². The molecule has 0 aliphatic heterocycles. The van der Waals surface area contributed by atoms with Gasteiger partial charge in [-0.3, -0.25) is 10.1 Å². The summed E-state index contributed by atoms with van der Waals surface area (Å²) in [6.07, 6.45) is -1.53. The number of nitrogens with zero attached hydrogens (tertiary/aromatic N) is 1. The predicted molar refractivity (Wildman–Crippen MR) is 68.3 cm³/mol. The van der Waals surface area contributed by atoms with Crippen molar-refractivity contribution < 1.29 is 24.3 Å². The lowest BCUT2D eigenvalue weighted by atomic mass is 10.2. The number of ether oxygens (including phenoxy) is 2. The fraction of sp³-hybridized carbons (Fsp3) is 0. The van der Waals surface area contributed by atoms with Gasteiger partial charge >= 0.3 is 6.16 Å². The first kappa shape index (κ1) is 13.3. The molecule has 0 aliphatic rings. The Labute approximate surface area is 113 Å². The van der Waals surface area contributed by atoms with E-state index in [1.807, 2.05) is 0 Å². The van der Waals surface area contributed by atoms with Crippen molar-refractivity contribution in [3.63, 3.8) is 0 Å². The molecule has 2 aromatic carbocycles. The second-order valence-electron chi connectivity index (χ2n) is 3.67. The van der Waals surface area contributed by atoms with Crippen LogP contribution in [0.1, 0.15) is 0 Å². The minimum absolute atomic E-state index is 0.0483. The molecular formula is C13H9NO6. The number of hydrogen-bond donors (Lipinski definition) is 1. The van der Waals surface area contributed by atoms with E-state index in [9.17, 15) is 14.9 Å². The Morgan fingerprint density at radius 2 is 1.80 bits per heavy atom. The molecule has 0 spiro atoms. The lowest BCUT2D eigenvalue weighted by Crippen LogP contribution is -2.04. The summed E-state index contributed by atoms with van der Waals surface area (Å²) in [5, 5.41) is 19.4. The molecule has 7 heteroatoms. The molecule has 0 saturated carbocycles. The van der Waals surface area contributed by atoms with Gasteiger partial charge in [0.1, 0.15) is 5.75 Å². The van der Waals surface area contributed by atoms with Crippen LogP contribution in [-0.4, -0.2) is 16.2 Å². The first-order valence-corrected chi connectivity index (χ1v) is 5.48. The molecule has 2 aromatic rings. The van der Waals surface area contributed by atoms with Gasteiger partial charge < -0.3 is 14.6 Å². The summed E-state index contributed by atoms with van der Waals surface area (Å²) in [5.41, 5.74) is -0.228. The Hall–Kier alpha value is -3.09. The molecule has 0 heterocycles. The van der Waals surface area contributed by atoms with Crippen LogP contribution in [0.5, 0.6) is 17.2 Å². The topological polar surface area (TPSA) is 98.9 Å². The van der Waals surface area contributed by atoms with E-state index < -0.39 is 11.1 Å². The molecule has 1 N–H and O–H groups in total. The van der Waals surface area contributed by atoms with Crippen molar-refractivity contribution in [2.75, 3.05) is 0 Å². The Kier molecular flexibility index (Phi) is 3.80. The number of rotatable bonds is 4. The SMILES string of the molecule is O=C(O)Oc1ccc([N+](=O)[O-])cc1Oc1ccccc1. The quantitative estimate of drug-likeness (QED) is 0.397.